The van der Waals surface area contributed by atoms with Gasteiger partial charge in [0.1, 0.15) is 5.76 Å². The first-order valence-electron chi connectivity index (χ1n) is 9.24. The fourth-order valence-corrected chi connectivity index (χ4v) is 3.85. The van der Waals surface area contributed by atoms with Crippen LogP contribution in [0.2, 0.25) is 0 Å². The third-order valence-corrected chi connectivity index (χ3v) is 5.28. The highest BCUT2D eigenvalue weighted by Crippen LogP contribution is 2.25. The van der Waals surface area contributed by atoms with Crippen molar-refractivity contribution in [2.75, 3.05) is 32.7 Å². The van der Waals surface area contributed by atoms with Crippen LogP contribution in [-0.4, -0.2) is 54.5 Å². The predicted octanol–water partition coefficient (Wildman–Crippen LogP) is 1.71. The zero-order valence-electron chi connectivity index (χ0n) is 14.7. The second-order valence-corrected chi connectivity index (χ2v) is 7.00. The SMILES string of the molecule is NC(=O)N1CCC[C@H](C(=O)NC[C@@H](c2ccco2)N2CCCCC2)C1. The van der Waals surface area contributed by atoms with Crippen molar-refractivity contribution in [3.8, 4) is 0 Å². The van der Waals surface area contributed by atoms with Gasteiger partial charge in [-0.25, -0.2) is 4.79 Å². The second-order valence-electron chi connectivity index (χ2n) is 7.00. The van der Waals surface area contributed by atoms with Gasteiger partial charge >= 0.3 is 6.03 Å². The van der Waals surface area contributed by atoms with E-state index in [0.29, 0.717) is 19.6 Å². The average Bonchev–Trinajstić information content (AvgIpc) is 3.17. The molecule has 2 aliphatic heterocycles. The van der Waals surface area contributed by atoms with Crippen molar-refractivity contribution in [1.29, 1.82) is 0 Å². The molecule has 0 unspecified atom stereocenters. The number of hydrogen-bond acceptors (Lipinski definition) is 4. The van der Waals surface area contributed by atoms with Crippen LogP contribution < -0.4 is 11.1 Å². The van der Waals surface area contributed by atoms with Crippen LogP contribution in [0.1, 0.15) is 43.9 Å². The number of urea groups is 1. The zero-order valence-corrected chi connectivity index (χ0v) is 14.7. The van der Waals surface area contributed by atoms with Gasteiger partial charge < -0.3 is 20.4 Å². The summed E-state index contributed by atoms with van der Waals surface area (Å²) in [5, 5.41) is 3.08. The van der Waals surface area contributed by atoms with E-state index in [0.717, 1.165) is 31.7 Å². The molecule has 0 bridgehead atoms. The Hall–Kier alpha value is -2.02. The van der Waals surface area contributed by atoms with E-state index in [1.165, 1.54) is 19.3 Å². The smallest absolute Gasteiger partial charge is 0.314 e. The number of piperidine rings is 2. The van der Waals surface area contributed by atoms with Gasteiger partial charge in [-0.3, -0.25) is 9.69 Å². The van der Waals surface area contributed by atoms with Crippen LogP contribution in [0.3, 0.4) is 0 Å². The molecular weight excluding hydrogens is 320 g/mol. The summed E-state index contributed by atoms with van der Waals surface area (Å²) in [6.45, 7) is 3.64. The molecule has 3 amide bonds. The maximum atomic E-state index is 12.6. The number of nitrogens with two attached hydrogens (primary N) is 1. The molecular formula is C18H28N4O3. The highest BCUT2D eigenvalue weighted by Gasteiger charge is 2.29. The fourth-order valence-electron chi connectivity index (χ4n) is 3.85. The van der Waals surface area contributed by atoms with Crippen LogP contribution in [0.4, 0.5) is 4.79 Å². The van der Waals surface area contributed by atoms with Gasteiger partial charge in [-0.05, 0) is 50.9 Å². The van der Waals surface area contributed by atoms with Crippen LogP contribution in [-0.2, 0) is 4.79 Å². The normalized spacial score (nSPS) is 23.2. The molecule has 1 aromatic heterocycles. The van der Waals surface area contributed by atoms with E-state index in [-0.39, 0.29) is 17.9 Å². The van der Waals surface area contributed by atoms with Gasteiger partial charge in [-0.2, -0.15) is 0 Å². The Bertz CT molecular complexity index is 569. The van der Waals surface area contributed by atoms with Crippen molar-refractivity contribution in [2.45, 2.75) is 38.1 Å². The number of nitrogens with zero attached hydrogens (tertiary/aromatic N) is 2. The van der Waals surface area contributed by atoms with Crippen LogP contribution in [0.25, 0.3) is 0 Å². The molecule has 0 aromatic carbocycles. The molecule has 0 aliphatic carbocycles. The number of likely N-dealkylation sites (tertiary alicyclic amines) is 2. The van der Waals surface area contributed by atoms with Crippen molar-refractivity contribution in [3.05, 3.63) is 24.2 Å². The molecule has 0 spiro atoms. The fraction of sp³-hybridized carbons (Fsp3) is 0.667. The number of rotatable bonds is 5. The van der Waals surface area contributed by atoms with Crippen LogP contribution in [0, 0.1) is 5.92 Å². The lowest BCUT2D eigenvalue weighted by Crippen LogP contribution is -2.48. The Morgan fingerprint density at radius 3 is 2.72 bits per heavy atom. The summed E-state index contributed by atoms with van der Waals surface area (Å²) in [5.41, 5.74) is 5.35. The summed E-state index contributed by atoms with van der Waals surface area (Å²) in [6.07, 6.45) is 6.92. The largest absolute Gasteiger partial charge is 0.468 e. The zero-order chi connectivity index (χ0) is 17.6. The molecule has 7 nitrogen and oxygen atoms in total. The standard InChI is InChI=1S/C18H28N4O3/c19-18(24)22-10-4-6-14(13-22)17(23)20-12-15(16-7-5-11-25-16)21-8-2-1-3-9-21/h5,7,11,14-15H,1-4,6,8-10,12-13H2,(H2,19,24)(H,20,23)/t14-,15-/m0/s1. The molecule has 0 radical (unpaired) electrons. The second kappa shape index (κ2) is 8.38. The first-order chi connectivity index (χ1) is 12.1. The lowest BCUT2D eigenvalue weighted by molar-refractivity contribution is -0.126. The van der Waals surface area contributed by atoms with Crippen LogP contribution in [0.15, 0.2) is 22.8 Å². The minimum atomic E-state index is -0.445. The minimum Gasteiger partial charge on any atom is -0.468 e. The van der Waals surface area contributed by atoms with Crippen molar-refractivity contribution >= 4 is 11.9 Å². The molecule has 0 saturated carbocycles. The summed E-state index contributed by atoms with van der Waals surface area (Å²) < 4.78 is 5.61. The third-order valence-electron chi connectivity index (χ3n) is 5.28. The van der Waals surface area contributed by atoms with Gasteiger partial charge in [-0.15, -0.1) is 0 Å². The molecule has 3 N–H and O–H groups in total. The van der Waals surface area contributed by atoms with Crippen molar-refractivity contribution in [3.63, 3.8) is 0 Å². The van der Waals surface area contributed by atoms with Crippen molar-refractivity contribution in [1.82, 2.24) is 15.1 Å². The summed E-state index contributed by atoms with van der Waals surface area (Å²) in [4.78, 5) is 27.9. The first-order valence-corrected chi connectivity index (χ1v) is 9.24. The summed E-state index contributed by atoms with van der Waals surface area (Å²) in [6, 6.07) is 3.48. The number of furan rings is 1. The summed E-state index contributed by atoms with van der Waals surface area (Å²) >= 11 is 0. The van der Waals surface area contributed by atoms with Gasteiger partial charge in [0.15, 0.2) is 0 Å². The maximum absolute atomic E-state index is 12.6. The Morgan fingerprint density at radius 1 is 1.24 bits per heavy atom. The highest BCUT2D eigenvalue weighted by molar-refractivity contribution is 5.80. The third kappa shape index (κ3) is 4.54. The molecule has 138 valence electrons. The molecule has 2 atom stereocenters. The van der Waals surface area contributed by atoms with Crippen LogP contribution in [0.5, 0.6) is 0 Å². The van der Waals surface area contributed by atoms with E-state index in [1.807, 2.05) is 12.1 Å². The number of hydrogen-bond donors (Lipinski definition) is 2. The van der Waals surface area contributed by atoms with E-state index in [2.05, 4.69) is 10.2 Å². The van der Waals surface area contributed by atoms with Gasteiger partial charge in [0.2, 0.25) is 5.91 Å². The predicted molar refractivity (Wildman–Crippen MR) is 93.8 cm³/mol. The quantitative estimate of drug-likeness (QED) is 0.847. The Morgan fingerprint density at radius 2 is 2.04 bits per heavy atom. The molecule has 25 heavy (non-hydrogen) atoms. The Kier molecular flexibility index (Phi) is 5.96. The van der Waals surface area contributed by atoms with E-state index in [1.54, 1.807) is 11.2 Å². The van der Waals surface area contributed by atoms with E-state index in [9.17, 15) is 9.59 Å². The lowest BCUT2D eigenvalue weighted by Gasteiger charge is -2.34. The van der Waals surface area contributed by atoms with E-state index < -0.39 is 6.03 Å². The molecule has 3 rings (SSSR count). The van der Waals surface area contributed by atoms with Crippen LogP contribution >= 0.6 is 0 Å². The number of nitrogens with one attached hydrogen (secondary N) is 1. The van der Waals surface area contributed by atoms with Gasteiger partial charge in [-0.1, -0.05) is 6.42 Å². The van der Waals surface area contributed by atoms with Gasteiger partial charge in [0, 0.05) is 19.6 Å². The summed E-state index contributed by atoms with van der Waals surface area (Å²) in [5.74, 6) is 0.712. The number of carbonyl (C=O) groups is 2. The van der Waals surface area contributed by atoms with Gasteiger partial charge in [0.05, 0.1) is 18.2 Å². The number of amides is 3. The molecule has 2 fully saturated rings. The number of carbonyl (C=O) groups excluding carboxylic acids is 2. The van der Waals surface area contributed by atoms with E-state index >= 15 is 0 Å². The minimum absolute atomic E-state index is 0.000449. The molecule has 2 aliphatic rings. The Labute approximate surface area is 148 Å². The molecule has 1 aromatic rings. The monoisotopic (exact) mass is 348 g/mol. The van der Waals surface area contributed by atoms with E-state index in [4.69, 9.17) is 10.2 Å². The summed E-state index contributed by atoms with van der Waals surface area (Å²) in [7, 11) is 0. The first kappa shape index (κ1) is 17.8. The van der Waals surface area contributed by atoms with Crippen molar-refractivity contribution < 1.29 is 14.0 Å². The molecule has 7 heteroatoms. The molecule has 2 saturated heterocycles. The maximum Gasteiger partial charge on any atom is 0.314 e. The topological polar surface area (TPSA) is 91.8 Å². The Balaban J connectivity index is 1.58. The number of primary amides is 1. The molecule has 3 heterocycles. The van der Waals surface area contributed by atoms with Gasteiger partial charge in [0.25, 0.3) is 0 Å². The van der Waals surface area contributed by atoms with Crippen molar-refractivity contribution in [2.24, 2.45) is 11.7 Å². The lowest BCUT2D eigenvalue weighted by atomic mass is 9.97. The highest BCUT2D eigenvalue weighted by atomic mass is 16.3. The average molecular weight is 348 g/mol.